The molecule has 8 fully saturated rings. The molecule has 13 rings (SSSR count). The van der Waals surface area contributed by atoms with Crippen LogP contribution in [0.3, 0.4) is 0 Å². The predicted molar refractivity (Wildman–Crippen MR) is 268 cm³/mol. The zero-order valence-electron chi connectivity index (χ0n) is 40.5. The Bertz CT molecular complexity index is 2610. The highest BCUT2D eigenvalue weighted by molar-refractivity contribution is 6.16. The number of Topliss-reactive ketones (excluding diaryl/α,β-unsaturated/α-hetero) is 1. The smallest absolute Gasteiger partial charge is 0.150 e. The minimum absolute atomic E-state index is 0.0483. The molecule has 0 N–H and O–H groups in total. The number of nitrogens with zero attached hydrogens (tertiary/aromatic N) is 6. The van der Waals surface area contributed by atoms with E-state index in [-0.39, 0.29) is 39.6 Å². The lowest BCUT2D eigenvalue weighted by Crippen LogP contribution is -2.61. The first-order chi connectivity index (χ1) is 32.3. The molecule has 0 radical (unpaired) electrons. The van der Waals surface area contributed by atoms with Gasteiger partial charge < -0.3 is 19.4 Å². The number of hydrogen-bond donors (Lipinski definition) is 0. The van der Waals surface area contributed by atoms with Crippen LogP contribution in [0.4, 0.5) is 21.5 Å². The molecule has 0 amide bonds. The van der Waals surface area contributed by atoms with Crippen molar-refractivity contribution < 1.29 is 13.9 Å². The van der Waals surface area contributed by atoms with Gasteiger partial charge in [0.25, 0.3) is 0 Å². The van der Waals surface area contributed by atoms with E-state index in [0.29, 0.717) is 29.1 Å². The van der Waals surface area contributed by atoms with Gasteiger partial charge in [-0.1, -0.05) is 63.6 Å². The van der Waals surface area contributed by atoms with E-state index in [1.54, 1.807) is 6.07 Å². The number of ether oxygens (including phenoxy) is 1. The monoisotopic (exact) mass is 903 g/mol. The summed E-state index contributed by atoms with van der Waals surface area (Å²) in [6, 6.07) is 11.1. The molecule has 0 aromatic heterocycles. The molecule has 67 heavy (non-hydrogen) atoms. The number of allylic oxidation sites excluding steroid dienone is 4. The molecule has 3 spiro atoms. The predicted octanol–water partition coefficient (Wildman–Crippen LogP) is 10.9. The first-order valence-corrected chi connectivity index (χ1v) is 26.3. The van der Waals surface area contributed by atoms with Crippen molar-refractivity contribution in [2.75, 3.05) is 73.6 Å². The summed E-state index contributed by atoms with van der Waals surface area (Å²) in [5, 5.41) is 0. The lowest BCUT2D eigenvalue weighted by atomic mass is 9.69. The lowest BCUT2D eigenvalue weighted by molar-refractivity contribution is -0.126. The second-order valence-electron chi connectivity index (χ2n) is 23.8. The molecule has 6 heterocycles. The fraction of sp³-hybridized carbons (Fsp3) is 0.586. The average Bonchev–Trinajstić information content (AvgIpc) is 4.13. The molecule has 5 unspecified atom stereocenters. The van der Waals surface area contributed by atoms with Crippen molar-refractivity contribution in [1.29, 1.82) is 0 Å². The van der Waals surface area contributed by atoms with E-state index < -0.39 is 0 Å². The number of benzene rings is 2. The Labute approximate surface area is 398 Å². The number of anilines is 3. The van der Waals surface area contributed by atoms with Gasteiger partial charge >= 0.3 is 0 Å². The van der Waals surface area contributed by atoms with Crippen LogP contribution in [0, 0.1) is 34.4 Å². The third kappa shape index (κ3) is 6.33. The van der Waals surface area contributed by atoms with Crippen LogP contribution in [0.1, 0.15) is 121 Å². The maximum absolute atomic E-state index is 16.5. The maximum atomic E-state index is 16.5. The second-order valence-corrected chi connectivity index (χ2v) is 23.8. The number of halogens is 1. The molecule has 6 atom stereocenters. The van der Waals surface area contributed by atoms with E-state index in [1.165, 1.54) is 85.8 Å². The van der Waals surface area contributed by atoms with Crippen molar-refractivity contribution in [2.45, 2.75) is 127 Å². The summed E-state index contributed by atoms with van der Waals surface area (Å²) in [6.45, 7) is 29.4. The van der Waals surface area contributed by atoms with Crippen molar-refractivity contribution in [3.8, 4) is 5.75 Å². The van der Waals surface area contributed by atoms with Crippen molar-refractivity contribution in [3.63, 3.8) is 0 Å². The fourth-order valence-electron chi connectivity index (χ4n) is 16.0. The van der Waals surface area contributed by atoms with Crippen LogP contribution in [0.25, 0.3) is 0 Å². The summed E-state index contributed by atoms with van der Waals surface area (Å²) in [4.78, 5) is 32.3. The van der Waals surface area contributed by atoms with Gasteiger partial charge in [0.2, 0.25) is 0 Å². The van der Waals surface area contributed by atoms with Crippen LogP contribution in [-0.4, -0.2) is 92.0 Å². The Morgan fingerprint density at radius 3 is 2.52 bits per heavy atom. The summed E-state index contributed by atoms with van der Waals surface area (Å²) >= 11 is 0. The largest absolute Gasteiger partial charge is 0.486 e. The van der Waals surface area contributed by atoms with E-state index in [9.17, 15) is 4.79 Å². The van der Waals surface area contributed by atoms with E-state index in [0.717, 1.165) is 119 Å². The van der Waals surface area contributed by atoms with Crippen LogP contribution in [-0.2, 0) is 10.2 Å². The molecule has 8 nitrogen and oxygen atoms in total. The Kier molecular flexibility index (Phi) is 9.55. The number of likely N-dealkylation sites (tertiary alicyclic amines) is 1. The molecule has 9 heteroatoms. The van der Waals surface area contributed by atoms with E-state index >= 15 is 4.39 Å². The van der Waals surface area contributed by atoms with Crippen molar-refractivity contribution in [2.24, 2.45) is 33.6 Å². The fourth-order valence-corrected chi connectivity index (χ4v) is 16.0. The first-order valence-electron chi connectivity index (χ1n) is 26.3. The summed E-state index contributed by atoms with van der Waals surface area (Å²) in [6.07, 6.45) is 18.5. The molecule has 5 saturated carbocycles. The highest BCUT2D eigenvalue weighted by Crippen LogP contribution is 2.73. The molecule has 11 aliphatic rings. The third-order valence-electron chi connectivity index (χ3n) is 19.6. The molecule has 2 aromatic carbocycles. The second kappa shape index (κ2) is 15.0. The Balaban J connectivity index is 0.623. The Morgan fingerprint density at radius 2 is 1.75 bits per heavy atom. The molecular weight excluding hydrogens is 832 g/mol. The van der Waals surface area contributed by atoms with Crippen LogP contribution in [0.15, 0.2) is 95.3 Å². The van der Waals surface area contributed by atoms with Gasteiger partial charge in [-0.3, -0.25) is 14.6 Å². The van der Waals surface area contributed by atoms with Gasteiger partial charge in [-0.25, -0.2) is 9.38 Å². The molecule has 6 aliphatic heterocycles. The summed E-state index contributed by atoms with van der Waals surface area (Å²) in [5.41, 5.74) is 10.6. The number of carbonyl (C=O) groups excluding carboxylic acids is 1. The van der Waals surface area contributed by atoms with Gasteiger partial charge in [-0.05, 0) is 142 Å². The molecule has 2 aromatic rings. The minimum Gasteiger partial charge on any atom is -0.486 e. The summed E-state index contributed by atoms with van der Waals surface area (Å²) in [7, 11) is 0. The van der Waals surface area contributed by atoms with E-state index in [2.05, 4.69) is 95.4 Å². The molecular formula is C58H71FN6O2. The van der Waals surface area contributed by atoms with E-state index in [4.69, 9.17) is 9.73 Å². The highest BCUT2D eigenvalue weighted by atomic mass is 19.1. The van der Waals surface area contributed by atoms with Gasteiger partial charge in [0.15, 0.2) is 5.82 Å². The number of piperidine rings is 1. The Morgan fingerprint density at radius 1 is 0.955 bits per heavy atom. The van der Waals surface area contributed by atoms with Crippen LogP contribution < -0.4 is 19.4 Å². The SMILES string of the molecule is C=C(C)C1=C(/C=C\C)N2C(=NC1=C)C1(CCCCC1)c1ccc(N3CCC(CN4CC(CN5CCN6c7c(F)cc(C8CCC(=C)C9(C)CC%10CC%10(C9)C8=O)cc7OC7C[C@]76C5)C4)CC3)cc12. The molecule has 2 bridgehead atoms. The number of aliphatic imine (C=N–C) groups is 1. The standard InChI is InChI=1S/C58H71FN6O2/c1-7-11-47-51(36(2)3)38(5)60-54-56(18-9-8-10-19-56)45-15-13-43(26-48(45)65(47)54)63-20-16-39(17-21-63)30-62-32-40(33-62)31-61-22-23-64-52-46(59)24-41(25-49(52)67-50-29-58(50,64)35-61)44-14-12-37(4)55(6)27-42-28-57(42,34-55)53(44)66/h7,11,13,15,24-26,39-40,42,44,50H,2,4-5,8-10,12,14,16-23,27-35H2,1,3,6H3/b11-7-/t42?,44?,50?,55?,57?,58-/m0/s1. The van der Waals surface area contributed by atoms with Gasteiger partial charge in [0, 0.05) is 87.9 Å². The summed E-state index contributed by atoms with van der Waals surface area (Å²) in [5.74, 6) is 3.58. The zero-order chi connectivity index (χ0) is 45.8. The topological polar surface area (TPSA) is 54.9 Å². The van der Waals surface area contributed by atoms with Crippen LogP contribution >= 0.6 is 0 Å². The zero-order valence-corrected chi connectivity index (χ0v) is 40.5. The van der Waals surface area contributed by atoms with Gasteiger partial charge in [-0.15, -0.1) is 0 Å². The molecule has 3 saturated heterocycles. The van der Waals surface area contributed by atoms with Crippen molar-refractivity contribution in [1.82, 2.24) is 9.80 Å². The maximum Gasteiger partial charge on any atom is 0.150 e. The first kappa shape index (κ1) is 42.6. The summed E-state index contributed by atoms with van der Waals surface area (Å²) < 4.78 is 23.1. The van der Waals surface area contributed by atoms with Gasteiger partial charge in [0.05, 0.1) is 28.0 Å². The van der Waals surface area contributed by atoms with Crippen LogP contribution in [0.2, 0.25) is 0 Å². The quantitative estimate of drug-likeness (QED) is 0.245. The normalized spacial score (nSPS) is 34.4. The average molecular weight is 903 g/mol. The number of piperazine rings is 1. The molecule has 5 aliphatic carbocycles. The Hall–Kier alpha value is -4.47. The van der Waals surface area contributed by atoms with Crippen LogP contribution in [0.5, 0.6) is 5.75 Å². The van der Waals surface area contributed by atoms with Gasteiger partial charge in [0.1, 0.15) is 29.2 Å². The number of amidine groups is 1. The number of carbonyl (C=O) groups is 1. The van der Waals surface area contributed by atoms with Crippen molar-refractivity contribution >= 4 is 28.7 Å². The number of rotatable bonds is 8. The minimum atomic E-state index is -0.276. The number of fused-ring (bicyclic) bond motifs is 8. The third-order valence-corrected chi connectivity index (χ3v) is 19.6. The van der Waals surface area contributed by atoms with Gasteiger partial charge in [-0.2, -0.15) is 0 Å². The number of ketones is 1. The lowest BCUT2D eigenvalue weighted by Gasteiger charge is -2.49. The highest BCUT2D eigenvalue weighted by Gasteiger charge is 2.70. The molecule has 352 valence electrons. The van der Waals surface area contributed by atoms with E-state index in [1.807, 2.05) is 6.07 Å². The number of hydrogen-bond acceptors (Lipinski definition) is 8. The van der Waals surface area contributed by atoms with Crippen molar-refractivity contribution in [3.05, 3.63) is 107 Å².